The Morgan fingerprint density at radius 2 is 2.19 bits per heavy atom. The number of anilines is 3. The highest BCUT2D eigenvalue weighted by atomic mass is 19.3. The van der Waals surface area contributed by atoms with Gasteiger partial charge in [0.15, 0.2) is 0 Å². The number of aryl methyl sites for hydroxylation is 1. The molecule has 0 bridgehead atoms. The van der Waals surface area contributed by atoms with Gasteiger partial charge in [0, 0.05) is 44.3 Å². The van der Waals surface area contributed by atoms with Crippen LogP contribution >= 0.6 is 0 Å². The van der Waals surface area contributed by atoms with Crippen LogP contribution < -0.4 is 15.5 Å². The summed E-state index contributed by atoms with van der Waals surface area (Å²) in [5.74, 6) is -1.92. The van der Waals surface area contributed by atoms with Gasteiger partial charge >= 0.3 is 0 Å². The second-order valence-electron chi connectivity index (χ2n) is 6.99. The maximum Gasteiger partial charge on any atom is 0.252 e. The molecule has 1 saturated carbocycles. The van der Waals surface area contributed by atoms with Crippen LogP contribution in [0.3, 0.4) is 0 Å². The van der Waals surface area contributed by atoms with E-state index in [1.807, 2.05) is 24.9 Å². The zero-order valence-electron chi connectivity index (χ0n) is 14.6. The molecule has 2 aromatic rings. The average Bonchev–Trinajstić information content (AvgIpc) is 3.00. The summed E-state index contributed by atoms with van der Waals surface area (Å²) in [7, 11) is 1.86. The lowest BCUT2D eigenvalue weighted by atomic mass is 9.88. The first-order chi connectivity index (χ1) is 12.3. The Bertz CT molecular complexity index is 857. The van der Waals surface area contributed by atoms with E-state index in [1.54, 1.807) is 17.1 Å². The number of nitrogens with zero attached hydrogens (tertiary/aromatic N) is 4. The number of hydrogen-bond acceptors (Lipinski definition) is 5. The Morgan fingerprint density at radius 3 is 2.92 bits per heavy atom. The van der Waals surface area contributed by atoms with Crippen LogP contribution in [0, 0.1) is 6.92 Å². The van der Waals surface area contributed by atoms with Gasteiger partial charge in [-0.3, -0.25) is 9.48 Å². The Hall–Kier alpha value is -2.71. The number of pyridine rings is 1. The van der Waals surface area contributed by atoms with Gasteiger partial charge in [0.2, 0.25) is 5.91 Å². The van der Waals surface area contributed by atoms with Crippen molar-refractivity contribution in [2.45, 2.75) is 38.3 Å². The lowest BCUT2D eigenvalue weighted by Gasteiger charge is -2.34. The molecule has 7 nitrogen and oxygen atoms in total. The van der Waals surface area contributed by atoms with E-state index >= 15 is 0 Å². The van der Waals surface area contributed by atoms with E-state index in [0.29, 0.717) is 18.9 Å². The van der Waals surface area contributed by atoms with E-state index < -0.39 is 5.92 Å². The fraction of sp³-hybridized carbons (Fsp3) is 0.471. The number of rotatable bonds is 4. The molecule has 0 unspecified atom stereocenters. The highest BCUT2D eigenvalue weighted by Crippen LogP contribution is 2.45. The summed E-state index contributed by atoms with van der Waals surface area (Å²) >= 11 is 0. The van der Waals surface area contributed by atoms with Crippen LogP contribution in [0.1, 0.15) is 30.1 Å². The second kappa shape index (κ2) is 5.93. The summed E-state index contributed by atoms with van der Waals surface area (Å²) in [6.45, 7) is 2.64. The van der Waals surface area contributed by atoms with E-state index in [4.69, 9.17) is 0 Å². The van der Waals surface area contributed by atoms with Crippen LogP contribution in [0.4, 0.5) is 26.0 Å². The second-order valence-corrected chi connectivity index (χ2v) is 6.99. The summed E-state index contributed by atoms with van der Waals surface area (Å²) < 4.78 is 27.6. The topological polar surface area (TPSA) is 75.1 Å². The van der Waals surface area contributed by atoms with Crippen LogP contribution in [-0.2, 0) is 11.3 Å². The monoisotopic (exact) mass is 362 g/mol. The SMILES string of the molecule is Cc1nc(NCc2cnn(C3CC(F)(F)C3)c2)cc2c1NC(=O)CN2C. The van der Waals surface area contributed by atoms with E-state index in [0.717, 1.165) is 22.6 Å². The first kappa shape index (κ1) is 16.7. The molecular weight excluding hydrogens is 342 g/mol. The fourth-order valence-electron chi connectivity index (χ4n) is 3.36. The molecule has 2 aromatic heterocycles. The quantitative estimate of drug-likeness (QED) is 0.874. The minimum absolute atomic E-state index is 0.0559. The van der Waals surface area contributed by atoms with Gasteiger partial charge in [-0.05, 0) is 6.92 Å². The predicted molar refractivity (Wildman–Crippen MR) is 93.6 cm³/mol. The van der Waals surface area contributed by atoms with Crippen molar-refractivity contribution < 1.29 is 13.6 Å². The third-order valence-electron chi connectivity index (χ3n) is 4.81. The summed E-state index contributed by atoms with van der Waals surface area (Å²) in [5.41, 5.74) is 3.27. The van der Waals surface area contributed by atoms with Crippen molar-refractivity contribution in [1.82, 2.24) is 14.8 Å². The molecule has 1 aliphatic heterocycles. The molecule has 1 amide bonds. The third kappa shape index (κ3) is 3.09. The number of likely N-dealkylation sites (N-methyl/N-ethyl adjacent to an activating group) is 1. The number of aromatic nitrogens is 3. The van der Waals surface area contributed by atoms with Crippen LogP contribution in [-0.4, -0.2) is 40.2 Å². The number of carbonyl (C=O) groups excluding carboxylic acids is 1. The molecule has 1 aliphatic carbocycles. The summed E-state index contributed by atoms with van der Waals surface area (Å²) in [6.07, 6.45) is 3.18. The number of carbonyl (C=O) groups is 1. The Labute approximate surface area is 149 Å². The lowest BCUT2D eigenvalue weighted by molar-refractivity contribution is -0.115. The zero-order chi connectivity index (χ0) is 18.5. The molecule has 3 heterocycles. The average molecular weight is 362 g/mol. The van der Waals surface area contributed by atoms with E-state index in [2.05, 4.69) is 20.7 Å². The smallest absolute Gasteiger partial charge is 0.252 e. The van der Waals surface area contributed by atoms with Gasteiger partial charge in [0.25, 0.3) is 5.92 Å². The minimum Gasteiger partial charge on any atom is -0.366 e. The molecule has 26 heavy (non-hydrogen) atoms. The standard InChI is InChI=1S/C17H20F2N6O/c1-10-16-13(24(2)9-15(26)23-16)3-14(22-10)20-6-11-7-21-25(8-11)12-4-17(18,19)5-12/h3,7-8,12H,4-6,9H2,1-2H3,(H,20,22)(H,23,26). The first-order valence-corrected chi connectivity index (χ1v) is 8.48. The number of amides is 1. The highest BCUT2D eigenvalue weighted by molar-refractivity contribution is 6.02. The van der Waals surface area contributed by atoms with Crippen molar-refractivity contribution in [3.8, 4) is 0 Å². The predicted octanol–water partition coefficient (Wildman–Crippen LogP) is 2.56. The molecule has 1 fully saturated rings. The molecule has 9 heteroatoms. The lowest BCUT2D eigenvalue weighted by Crippen LogP contribution is -2.37. The van der Waals surface area contributed by atoms with Gasteiger partial charge in [-0.2, -0.15) is 5.10 Å². The van der Waals surface area contributed by atoms with E-state index in [9.17, 15) is 13.6 Å². The van der Waals surface area contributed by atoms with E-state index in [-0.39, 0.29) is 24.8 Å². The number of nitrogens with one attached hydrogen (secondary N) is 2. The van der Waals surface area contributed by atoms with Crippen molar-refractivity contribution in [2.24, 2.45) is 0 Å². The first-order valence-electron chi connectivity index (χ1n) is 8.48. The number of hydrogen-bond donors (Lipinski definition) is 2. The number of halogens is 2. The summed E-state index contributed by atoms with van der Waals surface area (Å²) in [4.78, 5) is 18.0. The Morgan fingerprint density at radius 1 is 1.42 bits per heavy atom. The highest BCUT2D eigenvalue weighted by Gasteiger charge is 2.46. The summed E-state index contributed by atoms with van der Waals surface area (Å²) in [6, 6.07) is 1.67. The summed E-state index contributed by atoms with van der Waals surface area (Å²) in [5, 5.41) is 10.3. The van der Waals surface area contributed by atoms with Gasteiger partial charge in [0.05, 0.1) is 35.9 Å². The fourth-order valence-corrected chi connectivity index (χ4v) is 3.36. The van der Waals surface area contributed by atoms with E-state index in [1.165, 1.54) is 0 Å². The van der Waals surface area contributed by atoms with Gasteiger partial charge in [-0.1, -0.05) is 0 Å². The van der Waals surface area contributed by atoms with Gasteiger partial charge in [-0.15, -0.1) is 0 Å². The normalized spacial score (nSPS) is 18.9. The zero-order valence-corrected chi connectivity index (χ0v) is 14.6. The van der Waals surface area contributed by atoms with Crippen molar-refractivity contribution in [3.63, 3.8) is 0 Å². The van der Waals surface area contributed by atoms with Gasteiger partial charge < -0.3 is 15.5 Å². The van der Waals surface area contributed by atoms with Crippen LogP contribution in [0.5, 0.6) is 0 Å². The Balaban J connectivity index is 1.44. The van der Waals surface area contributed by atoms with Crippen LogP contribution in [0.15, 0.2) is 18.5 Å². The Kier molecular flexibility index (Phi) is 3.82. The molecule has 0 spiro atoms. The molecule has 2 N–H and O–H groups in total. The number of fused-ring (bicyclic) bond motifs is 1. The molecule has 0 aromatic carbocycles. The molecule has 0 atom stereocenters. The largest absolute Gasteiger partial charge is 0.366 e. The van der Waals surface area contributed by atoms with Crippen molar-refractivity contribution in [1.29, 1.82) is 0 Å². The maximum atomic E-state index is 13.0. The molecule has 138 valence electrons. The molecular formula is C17H20F2N6O. The van der Waals surface area contributed by atoms with Gasteiger partial charge in [0.1, 0.15) is 5.82 Å². The number of alkyl halides is 2. The van der Waals surface area contributed by atoms with Crippen LogP contribution in [0.25, 0.3) is 0 Å². The molecule has 4 rings (SSSR count). The third-order valence-corrected chi connectivity index (χ3v) is 4.81. The van der Waals surface area contributed by atoms with Crippen LogP contribution in [0.2, 0.25) is 0 Å². The molecule has 2 aliphatic rings. The molecule has 0 saturated heterocycles. The van der Waals surface area contributed by atoms with Gasteiger partial charge in [-0.25, -0.2) is 13.8 Å². The minimum atomic E-state index is -2.55. The molecule has 0 radical (unpaired) electrons. The maximum absolute atomic E-state index is 13.0. The van der Waals surface area contributed by atoms with Crippen molar-refractivity contribution in [3.05, 3.63) is 29.7 Å². The van der Waals surface area contributed by atoms with Crippen molar-refractivity contribution in [2.75, 3.05) is 29.1 Å². The van der Waals surface area contributed by atoms with Crippen molar-refractivity contribution >= 4 is 23.1 Å².